The van der Waals surface area contributed by atoms with Crippen LogP contribution in [0.2, 0.25) is 0 Å². The van der Waals surface area contributed by atoms with Crippen molar-refractivity contribution in [3.63, 3.8) is 0 Å². The molecule has 1 aromatic carbocycles. The van der Waals surface area contributed by atoms with Crippen LogP contribution in [-0.2, 0) is 6.54 Å². The Morgan fingerprint density at radius 1 is 1.19 bits per heavy atom. The third kappa shape index (κ3) is 7.54. The summed E-state index contributed by atoms with van der Waals surface area (Å²) >= 11 is 0. The van der Waals surface area contributed by atoms with Gasteiger partial charge in [-0.1, -0.05) is 11.1 Å². The van der Waals surface area contributed by atoms with Gasteiger partial charge in [0.25, 0.3) is 0 Å². The largest absolute Gasteiger partial charge is 0.494 e. The van der Waals surface area contributed by atoms with Crippen LogP contribution in [-0.4, -0.2) is 46.1 Å². The molecule has 0 amide bonds. The first-order chi connectivity index (χ1) is 15.7. The minimum Gasteiger partial charge on any atom is -0.494 e. The first-order valence-electron chi connectivity index (χ1n) is 11.0. The van der Waals surface area contributed by atoms with E-state index < -0.39 is 6.10 Å². The van der Waals surface area contributed by atoms with E-state index in [4.69, 9.17) is 15.0 Å². The maximum Gasteiger partial charge on any atom is 0.210 e. The topological polar surface area (TPSA) is 111 Å². The molecule has 0 spiro atoms. The summed E-state index contributed by atoms with van der Waals surface area (Å²) < 4.78 is 12.9. The average Bonchev–Trinajstić information content (AvgIpc) is 3.45. The number of nitrogens with zero attached hydrogens (tertiary/aromatic N) is 3. The van der Waals surface area contributed by atoms with E-state index in [1.165, 1.54) is 0 Å². The molecule has 2 aromatic heterocycles. The van der Waals surface area contributed by atoms with Crippen molar-refractivity contribution in [3.8, 4) is 17.6 Å². The van der Waals surface area contributed by atoms with Crippen LogP contribution in [0.1, 0.15) is 55.1 Å². The number of nitrogens with two attached hydrogens (primary N) is 1. The molecule has 3 aromatic rings. The lowest BCUT2D eigenvalue weighted by atomic mass is 10.2. The molecule has 8 nitrogen and oxygen atoms in total. The van der Waals surface area contributed by atoms with Gasteiger partial charge < -0.3 is 30.0 Å². The molecule has 32 heavy (non-hydrogen) atoms. The quantitative estimate of drug-likeness (QED) is 0.295. The van der Waals surface area contributed by atoms with Crippen molar-refractivity contribution >= 4 is 0 Å². The van der Waals surface area contributed by atoms with Gasteiger partial charge in [-0.05, 0) is 62.9 Å². The van der Waals surface area contributed by atoms with E-state index in [0.717, 1.165) is 43.7 Å². The van der Waals surface area contributed by atoms with E-state index in [1.807, 2.05) is 28.8 Å². The van der Waals surface area contributed by atoms with Crippen molar-refractivity contribution in [2.75, 3.05) is 26.2 Å². The third-order valence-corrected chi connectivity index (χ3v) is 4.78. The van der Waals surface area contributed by atoms with Gasteiger partial charge in [-0.2, -0.15) is 0 Å². The normalized spacial score (nSPS) is 11.7. The Labute approximate surface area is 188 Å². The zero-order chi connectivity index (χ0) is 22.6. The third-order valence-electron chi connectivity index (χ3n) is 4.78. The van der Waals surface area contributed by atoms with Gasteiger partial charge in [0, 0.05) is 37.1 Å². The first kappa shape index (κ1) is 23.5. The second-order valence-electron chi connectivity index (χ2n) is 7.49. The fourth-order valence-electron chi connectivity index (χ4n) is 3.16. The molecule has 0 bridgehead atoms. The summed E-state index contributed by atoms with van der Waals surface area (Å²) in [5.74, 6) is 7.98. The van der Waals surface area contributed by atoms with Crippen molar-refractivity contribution in [1.82, 2.24) is 20.0 Å². The standard InChI is InChI=1S/C24H31N5O3/c1-19(30)24-27-14-15-29(24)18-21-17-23(32-28-21)10-7-20-5-8-22(9-6-20)31-16-4-2-3-12-26-13-11-25/h5-6,8-9,14-15,17,19,26,30H,2-4,11-13,16,18,25H2,1H3/t19-/m0/s1. The summed E-state index contributed by atoms with van der Waals surface area (Å²) in [4.78, 5) is 4.15. The van der Waals surface area contributed by atoms with Gasteiger partial charge >= 0.3 is 0 Å². The number of aliphatic hydroxyl groups excluding tert-OH is 1. The molecule has 0 fully saturated rings. The number of hydrogen-bond donors (Lipinski definition) is 3. The SMILES string of the molecule is C[C@H](O)c1nccn1Cc1cc(C#Cc2ccc(OCCCCCNCCN)cc2)on1. The Kier molecular flexibility index (Phi) is 9.32. The number of unbranched alkanes of at least 4 members (excludes halogenated alkanes) is 2. The fraction of sp³-hybridized carbons (Fsp3) is 0.417. The molecule has 0 unspecified atom stereocenters. The van der Waals surface area contributed by atoms with Gasteiger partial charge in [0.05, 0.1) is 13.2 Å². The molecular formula is C24H31N5O3. The van der Waals surface area contributed by atoms with E-state index in [-0.39, 0.29) is 0 Å². The number of hydrogen-bond acceptors (Lipinski definition) is 7. The van der Waals surface area contributed by atoms with Gasteiger partial charge in [0.15, 0.2) is 0 Å². The first-order valence-corrected chi connectivity index (χ1v) is 11.0. The molecule has 0 saturated heterocycles. The number of nitrogens with one attached hydrogen (secondary N) is 1. The monoisotopic (exact) mass is 437 g/mol. The van der Waals surface area contributed by atoms with Crippen molar-refractivity contribution in [3.05, 3.63) is 65.6 Å². The van der Waals surface area contributed by atoms with E-state index in [1.54, 1.807) is 25.4 Å². The lowest BCUT2D eigenvalue weighted by Gasteiger charge is -2.07. The van der Waals surface area contributed by atoms with E-state index in [0.29, 0.717) is 37.0 Å². The zero-order valence-corrected chi connectivity index (χ0v) is 18.5. The maximum absolute atomic E-state index is 9.75. The molecule has 170 valence electrons. The highest BCUT2D eigenvalue weighted by Crippen LogP contribution is 2.14. The summed E-state index contributed by atoms with van der Waals surface area (Å²) in [6.45, 7) is 5.40. The van der Waals surface area contributed by atoms with Gasteiger partial charge in [0.1, 0.15) is 23.4 Å². The summed E-state index contributed by atoms with van der Waals surface area (Å²) in [7, 11) is 0. The number of aliphatic hydroxyl groups is 1. The smallest absolute Gasteiger partial charge is 0.210 e. The minimum atomic E-state index is -0.646. The highest BCUT2D eigenvalue weighted by molar-refractivity contribution is 5.41. The van der Waals surface area contributed by atoms with Gasteiger partial charge in [-0.15, -0.1) is 0 Å². The van der Waals surface area contributed by atoms with E-state index in [2.05, 4.69) is 27.3 Å². The number of benzene rings is 1. The molecule has 4 N–H and O–H groups in total. The summed E-state index contributed by atoms with van der Waals surface area (Å²) in [5, 5.41) is 17.1. The van der Waals surface area contributed by atoms with Crippen molar-refractivity contribution in [2.45, 2.75) is 38.8 Å². The lowest BCUT2D eigenvalue weighted by molar-refractivity contribution is 0.184. The van der Waals surface area contributed by atoms with Crippen LogP contribution in [0.4, 0.5) is 0 Å². The van der Waals surface area contributed by atoms with Crippen molar-refractivity contribution < 1.29 is 14.4 Å². The molecule has 1 atom stereocenters. The highest BCUT2D eigenvalue weighted by atomic mass is 16.5. The molecule has 0 aliphatic heterocycles. The molecule has 8 heteroatoms. The molecule has 0 radical (unpaired) electrons. The van der Waals surface area contributed by atoms with E-state index >= 15 is 0 Å². The van der Waals surface area contributed by atoms with Crippen LogP contribution in [0, 0.1) is 11.8 Å². The van der Waals surface area contributed by atoms with Gasteiger partial charge in [0.2, 0.25) is 5.76 Å². The Morgan fingerprint density at radius 2 is 2.03 bits per heavy atom. The summed E-state index contributed by atoms with van der Waals surface area (Å²) in [6.07, 6.45) is 6.08. The minimum absolute atomic E-state index is 0.460. The number of ether oxygens (including phenoxy) is 1. The fourth-order valence-corrected chi connectivity index (χ4v) is 3.16. The zero-order valence-electron chi connectivity index (χ0n) is 18.5. The number of aromatic nitrogens is 3. The molecule has 3 rings (SSSR count). The van der Waals surface area contributed by atoms with Crippen molar-refractivity contribution in [1.29, 1.82) is 0 Å². The summed E-state index contributed by atoms with van der Waals surface area (Å²) in [6, 6.07) is 9.50. The predicted octanol–water partition coefficient (Wildman–Crippen LogP) is 2.47. The molecule has 2 heterocycles. The maximum atomic E-state index is 9.75. The van der Waals surface area contributed by atoms with Gasteiger partial charge in [-0.25, -0.2) is 4.98 Å². The molecule has 0 saturated carbocycles. The Balaban J connectivity index is 1.43. The number of imidazole rings is 1. The Morgan fingerprint density at radius 3 is 2.81 bits per heavy atom. The van der Waals surface area contributed by atoms with Crippen molar-refractivity contribution in [2.24, 2.45) is 5.73 Å². The van der Waals surface area contributed by atoms with E-state index in [9.17, 15) is 5.11 Å². The molecular weight excluding hydrogens is 406 g/mol. The second kappa shape index (κ2) is 12.7. The lowest BCUT2D eigenvalue weighted by Crippen LogP contribution is -2.23. The van der Waals surface area contributed by atoms with Crippen LogP contribution in [0.15, 0.2) is 47.2 Å². The van der Waals surface area contributed by atoms with Crippen LogP contribution in [0.25, 0.3) is 0 Å². The Hall–Kier alpha value is -3.12. The average molecular weight is 438 g/mol. The van der Waals surface area contributed by atoms with Crippen LogP contribution in [0.5, 0.6) is 5.75 Å². The van der Waals surface area contributed by atoms with Crippen LogP contribution < -0.4 is 15.8 Å². The Bertz CT molecular complexity index is 999. The molecule has 0 aliphatic rings. The van der Waals surface area contributed by atoms with Crippen LogP contribution in [0.3, 0.4) is 0 Å². The summed E-state index contributed by atoms with van der Waals surface area (Å²) in [5.41, 5.74) is 7.03. The number of rotatable bonds is 12. The highest BCUT2D eigenvalue weighted by Gasteiger charge is 2.11. The van der Waals surface area contributed by atoms with Gasteiger partial charge in [-0.3, -0.25) is 0 Å². The molecule has 0 aliphatic carbocycles. The predicted molar refractivity (Wildman–Crippen MR) is 122 cm³/mol. The second-order valence-corrected chi connectivity index (χ2v) is 7.49. The van der Waals surface area contributed by atoms with Crippen LogP contribution >= 0.6 is 0 Å².